The predicted octanol–water partition coefficient (Wildman–Crippen LogP) is 1.37. The van der Waals surface area contributed by atoms with Gasteiger partial charge in [0.15, 0.2) is 5.82 Å². The van der Waals surface area contributed by atoms with Gasteiger partial charge >= 0.3 is 0 Å². The highest BCUT2D eigenvalue weighted by atomic mass is 16.3. The lowest BCUT2D eigenvalue weighted by Crippen LogP contribution is -2.19. The minimum Gasteiger partial charge on any atom is -0.507 e. The van der Waals surface area contributed by atoms with E-state index in [1.165, 1.54) is 0 Å². The van der Waals surface area contributed by atoms with Gasteiger partial charge < -0.3 is 10.4 Å². The lowest BCUT2D eigenvalue weighted by atomic mass is 10.1. The molecule has 1 unspecified atom stereocenters. The zero-order chi connectivity index (χ0) is 13.1. The Balaban J connectivity index is 2.02. The second kappa shape index (κ2) is 5.14. The SMILES string of the molecule is Cc1cc(CNC(C)c2nn[nH]n2)cc(C)c1O. The van der Waals surface area contributed by atoms with Gasteiger partial charge in [-0.15, -0.1) is 10.2 Å². The summed E-state index contributed by atoms with van der Waals surface area (Å²) in [6.07, 6.45) is 0. The van der Waals surface area contributed by atoms with E-state index in [2.05, 4.69) is 25.9 Å². The molecule has 2 rings (SSSR count). The van der Waals surface area contributed by atoms with Crippen LogP contribution in [0, 0.1) is 13.8 Å². The summed E-state index contributed by atoms with van der Waals surface area (Å²) in [5, 5.41) is 26.8. The van der Waals surface area contributed by atoms with Crippen molar-refractivity contribution in [1.82, 2.24) is 25.9 Å². The molecule has 18 heavy (non-hydrogen) atoms. The van der Waals surface area contributed by atoms with E-state index in [1.54, 1.807) is 0 Å². The first kappa shape index (κ1) is 12.5. The number of phenolic OH excluding ortho intramolecular Hbond substituents is 1. The summed E-state index contributed by atoms with van der Waals surface area (Å²) in [6.45, 7) is 6.46. The standard InChI is InChI=1S/C12H17N5O/c1-7-4-10(5-8(2)11(7)18)6-13-9(3)12-14-16-17-15-12/h4-5,9,13,18H,6H2,1-3H3,(H,14,15,16,17). The van der Waals surface area contributed by atoms with Crippen LogP contribution in [0.4, 0.5) is 0 Å². The van der Waals surface area contributed by atoms with Gasteiger partial charge in [0.1, 0.15) is 5.75 Å². The number of nitrogens with one attached hydrogen (secondary N) is 2. The first-order valence-corrected chi connectivity index (χ1v) is 5.83. The largest absolute Gasteiger partial charge is 0.507 e. The maximum absolute atomic E-state index is 9.71. The lowest BCUT2D eigenvalue weighted by Gasteiger charge is -2.12. The van der Waals surface area contributed by atoms with Gasteiger partial charge in [0, 0.05) is 6.54 Å². The molecule has 0 saturated carbocycles. The molecule has 0 saturated heterocycles. The molecule has 3 N–H and O–H groups in total. The van der Waals surface area contributed by atoms with Crippen LogP contribution in [0.25, 0.3) is 0 Å². The fraction of sp³-hybridized carbons (Fsp3) is 0.417. The lowest BCUT2D eigenvalue weighted by molar-refractivity contribution is 0.466. The molecule has 0 aliphatic heterocycles. The maximum Gasteiger partial charge on any atom is 0.191 e. The van der Waals surface area contributed by atoms with E-state index in [4.69, 9.17) is 0 Å². The van der Waals surface area contributed by atoms with Crippen LogP contribution in [0.1, 0.15) is 35.5 Å². The van der Waals surface area contributed by atoms with Crippen LogP contribution in [0.5, 0.6) is 5.75 Å². The third kappa shape index (κ3) is 2.65. The molecule has 2 aromatic rings. The molecular formula is C12H17N5O. The number of aromatic nitrogens is 4. The van der Waals surface area contributed by atoms with Crippen LogP contribution in [-0.4, -0.2) is 25.7 Å². The van der Waals surface area contributed by atoms with E-state index in [9.17, 15) is 5.11 Å². The minimum absolute atomic E-state index is 0.0261. The van der Waals surface area contributed by atoms with Crippen molar-refractivity contribution in [3.63, 3.8) is 0 Å². The van der Waals surface area contributed by atoms with E-state index in [0.717, 1.165) is 16.7 Å². The highest BCUT2D eigenvalue weighted by molar-refractivity contribution is 5.42. The van der Waals surface area contributed by atoms with Crippen molar-refractivity contribution in [1.29, 1.82) is 0 Å². The molecule has 0 bridgehead atoms. The molecule has 6 heteroatoms. The van der Waals surface area contributed by atoms with Crippen molar-refractivity contribution in [3.8, 4) is 5.75 Å². The topological polar surface area (TPSA) is 86.7 Å². The van der Waals surface area contributed by atoms with Gasteiger partial charge in [-0.1, -0.05) is 17.3 Å². The first-order valence-electron chi connectivity index (χ1n) is 5.83. The van der Waals surface area contributed by atoms with Gasteiger partial charge in [0.05, 0.1) is 6.04 Å². The van der Waals surface area contributed by atoms with Crippen LogP contribution in [-0.2, 0) is 6.54 Å². The van der Waals surface area contributed by atoms with Crippen LogP contribution in [0.3, 0.4) is 0 Å². The Morgan fingerprint density at radius 1 is 1.33 bits per heavy atom. The van der Waals surface area contributed by atoms with Gasteiger partial charge in [0.25, 0.3) is 0 Å². The van der Waals surface area contributed by atoms with E-state index < -0.39 is 0 Å². The summed E-state index contributed by atoms with van der Waals surface area (Å²) in [7, 11) is 0. The number of tetrazole rings is 1. The summed E-state index contributed by atoms with van der Waals surface area (Å²) < 4.78 is 0. The van der Waals surface area contributed by atoms with Crippen molar-refractivity contribution >= 4 is 0 Å². The molecule has 6 nitrogen and oxygen atoms in total. The van der Waals surface area contributed by atoms with Crippen molar-refractivity contribution in [3.05, 3.63) is 34.6 Å². The van der Waals surface area contributed by atoms with Crippen molar-refractivity contribution in [2.45, 2.75) is 33.4 Å². The third-order valence-corrected chi connectivity index (χ3v) is 2.91. The number of hydrogen-bond acceptors (Lipinski definition) is 5. The van der Waals surface area contributed by atoms with Crippen molar-refractivity contribution in [2.75, 3.05) is 0 Å². The normalized spacial score (nSPS) is 12.6. The molecule has 96 valence electrons. The molecule has 1 aromatic heterocycles. The van der Waals surface area contributed by atoms with Crippen LogP contribution in [0.2, 0.25) is 0 Å². The molecule has 0 radical (unpaired) electrons. The first-order chi connectivity index (χ1) is 8.58. The quantitative estimate of drug-likeness (QED) is 0.759. The molecule has 1 atom stereocenters. The Bertz CT molecular complexity index is 500. The third-order valence-electron chi connectivity index (χ3n) is 2.91. The Kier molecular flexibility index (Phi) is 3.57. The minimum atomic E-state index is 0.0261. The molecule has 1 heterocycles. The van der Waals surface area contributed by atoms with Gasteiger partial charge in [-0.3, -0.25) is 0 Å². The second-order valence-corrected chi connectivity index (χ2v) is 4.45. The smallest absolute Gasteiger partial charge is 0.191 e. The molecule has 0 aliphatic rings. The second-order valence-electron chi connectivity index (χ2n) is 4.45. The Morgan fingerprint density at radius 2 is 2.00 bits per heavy atom. The average molecular weight is 247 g/mol. The number of H-pyrrole nitrogens is 1. The van der Waals surface area contributed by atoms with Crippen molar-refractivity contribution in [2.24, 2.45) is 0 Å². The molecule has 0 amide bonds. The van der Waals surface area contributed by atoms with Gasteiger partial charge in [-0.25, -0.2) is 0 Å². The average Bonchev–Trinajstić information content (AvgIpc) is 2.86. The number of nitrogens with zero attached hydrogens (tertiary/aromatic N) is 3. The monoisotopic (exact) mass is 247 g/mol. The number of rotatable bonds is 4. The van der Waals surface area contributed by atoms with Crippen LogP contribution >= 0.6 is 0 Å². The van der Waals surface area contributed by atoms with Crippen molar-refractivity contribution < 1.29 is 5.11 Å². The Hall–Kier alpha value is -1.95. The number of phenols is 1. The number of aromatic amines is 1. The molecule has 0 spiro atoms. The number of aryl methyl sites for hydroxylation is 2. The zero-order valence-electron chi connectivity index (χ0n) is 10.7. The van der Waals surface area contributed by atoms with Crippen LogP contribution < -0.4 is 5.32 Å². The number of benzene rings is 1. The molecule has 0 fully saturated rings. The van der Waals surface area contributed by atoms with E-state index in [-0.39, 0.29) is 6.04 Å². The fourth-order valence-corrected chi connectivity index (χ4v) is 1.86. The number of hydrogen-bond donors (Lipinski definition) is 3. The maximum atomic E-state index is 9.71. The Morgan fingerprint density at radius 3 is 2.56 bits per heavy atom. The summed E-state index contributed by atoms with van der Waals surface area (Å²) in [5.74, 6) is 1.01. The fourth-order valence-electron chi connectivity index (χ4n) is 1.86. The van der Waals surface area contributed by atoms with Gasteiger partial charge in [-0.2, -0.15) is 5.21 Å². The zero-order valence-corrected chi connectivity index (χ0v) is 10.7. The number of aromatic hydroxyl groups is 1. The summed E-state index contributed by atoms with van der Waals surface area (Å²) in [6, 6.07) is 3.97. The predicted molar refractivity (Wildman–Crippen MR) is 67.0 cm³/mol. The van der Waals surface area contributed by atoms with E-state index in [1.807, 2.05) is 32.9 Å². The summed E-state index contributed by atoms with van der Waals surface area (Å²) in [4.78, 5) is 0. The van der Waals surface area contributed by atoms with E-state index >= 15 is 0 Å². The van der Waals surface area contributed by atoms with E-state index in [0.29, 0.717) is 18.1 Å². The highest BCUT2D eigenvalue weighted by Crippen LogP contribution is 2.23. The van der Waals surface area contributed by atoms with Gasteiger partial charge in [-0.05, 0) is 37.5 Å². The summed E-state index contributed by atoms with van der Waals surface area (Å²) in [5.41, 5.74) is 2.90. The molecular weight excluding hydrogens is 230 g/mol. The molecule has 1 aromatic carbocycles. The Labute approximate surface area is 105 Å². The van der Waals surface area contributed by atoms with Crippen LogP contribution in [0.15, 0.2) is 12.1 Å². The highest BCUT2D eigenvalue weighted by Gasteiger charge is 2.10. The summed E-state index contributed by atoms with van der Waals surface area (Å²) >= 11 is 0. The van der Waals surface area contributed by atoms with Gasteiger partial charge in [0.2, 0.25) is 0 Å². The molecule has 0 aliphatic carbocycles.